The standard InChI is InChI=1S/C14H15BrN2O2S/c1-2-3-11-7-13(19)17-14(16-11)20-12-5-4-10(15)6-9(12)8-18/h4-7,18H,2-3,8H2,1H3,(H,16,17,19). The van der Waals surface area contributed by atoms with Gasteiger partial charge in [0.2, 0.25) is 0 Å². The number of H-pyrrole nitrogens is 1. The number of aliphatic hydroxyl groups is 1. The van der Waals surface area contributed by atoms with Crippen molar-refractivity contribution in [2.24, 2.45) is 0 Å². The molecule has 0 radical (unpaired) electrons. The van der Waals surface area contributed by atoms with Crippen molar-refractivity contribution < 1.29 is 5.11 Å². The molecule has 0 atom stereocenters. The summed E-state index contributed by atoms with van der Waals surface area (Å²) >= 11 is 4.73. The first-order valence-electron chi connectivity index (χ1n) is 6.29. The average molecular weight is 355 g/mol. The summed E-state index contributed by atoms with van der Waals surface area (Å²) in [6, 6.07) is 7.18. The molecule has 0 aliphatic heterocycles. The zero-order valence-corrected chi connectivity index (χ0v) is 13.4. The van der Waals surface area contributed by atoms with Crippen molar-refractivity contribution in [1.82, 2.24) is 9.97 Å². The molecule has 0 spiro atoms. The number of nitrogens with one attached hydrogen (secondary N) is 1. The number of rotatable bonds is 5. The fraction of sp³-hybridized carbons (Fsp3) is 0.286. The lowest BCUT2D eigenvalue weighted by Gasteiger charge is -2.08. The maximum atomic E-state index is 11.6. The molecule has 106 valence electrons. The van der Waals surface area contributed by atoms with Crippen LogP contribution in [0.5, 0.6) is 0 Å². The Balaban J connectivity index is 2.32. The van der Waals surface area contributed by atoms with Gasteiger partial charge in [-0.2, -0.15) is 0 Å². The maximum Gasteiger partial charge on any atom is 0.251 e. The molecule has 1 aromatic carbocycles. The second-order valence-corrected chi connectivity index (χ2v) is 6.25. The molecule has 6 heteroatoms. The summed E-state index contributed by atoms with van der Waals surface area (Å²) in [5, 5.41) is 9.94. The number of aryl methyl sites for hydroxylation is 1. The third-order valence-electron chi connectivity index (χ3n) is 2.68. The van der Waals surface area contributed by atoms with E-state index in [0.717, 1.165) is 33.5 Å². The molecule has 20 heavy (non-hydrogen) atoms. The third-order valence-corrected chi connectivity index (χ3v) is 4.18. The monoisotopic (exact) mass is 354 g/mol. The predicted octanol–water partition coefficient (Wildman–Crippen LogP) is 3.13. The Hall–Kier alpha value is -1.11. The molecular formula is C14H15BrN2O2S. The van der Waals surface area contributed by atoms with Gasteiger partial charge in [0.15, 0.2) is 5.16 Å². The van der Waals surface area contributed by atoms with E-state index >= 15 is 0 Å². The first-order valence-corrected chi connectivity index (χ1v) is 7.90. The second kappa shape index (κ2) is 7.06. The summed E-state index contributed by atoms with van der Waals surface area (Å²) in [6.07, 6.45) is 1.73. The van der Waals surface area contributed by atoms with Crippen LogP contribution in [0.3, 0.4) is 0 Å². The van der Waals surface area contributed by atoms with Gasteiger partial charge in [-0.1, -0.05) is 41.0 Å². The van der Waals surface area contributed by atoms with Gasteiger partial charge in [-0.05, 0) is 30.2 Å². The van der Waals surface area contributed by atoms with Gasteiger partial charge >= 0.3 is 0 Å². The van der Waals surface area contributed by atoms with E-state index in [1.165, 1.54) is 17.8 Å². The van der Waals surface area contributed by atoms with Crippen LogP contribution < -0.4 is 5.56 Å². The van der Waals surface area contributed by atoms with Gasteiger partial charge in [-0.3, -0.25) is 4.79 Å². The fourth-order valence-corrected chi connectivity index (χ4v) is 3.11. The lowest BCUT2D eigenvalue weighted by molar-refractivity contribution is 0.279. The van der Waals surface area contributed by atoms with E-state index in [-0.39, 0.29) is 12.2 Å². The van der Waals surface area contributed by atoms with Crippen LogP contribution in [0, 0.1) is 0 Å². The zero-order chi connectivity index (χ0) is 14.5. The molecule has 0 fully saturated rings. The number of nitrogens with zero attached hydrogens (tertiary/aromatic N) is 1. The van der Waals surface area contributed by atoms with Crippen molar-refractivity contribution in [1.29, 1.82) is 0 Å². The summed E-state index contributed by atoms with van der Waals surface area (Å²) in [5.41, 5.74) is 1.45. The number of aliphatic hydroxyl groups excluding tert-OH is 1. The molecule has 2 rings (SSSR count). The Morgan fingerprint density at radius 3 is 2.90 bits per heavy atom. The molecule has 0 unspecified atom stereocenters. The van der Waals surface area contributed by atoms with E-state index in [1.54, 1.807) is 0 Å². The highest BCUT2D eigenvalue weighted by Crippen LogP contribution is 2.29. The largest absolute Gasteiger partial charge is 0.392 e. The van der Waals surface area contributed by atoms with Gasteiger partial charge in [0.1, 0.15) is 0 Å². The van der Waals surface area contributed by atoms with Gasteiger partial charge in [0.05, 0.1) is 6.61 Å². The predicted molar refractivity (Wildman–Crippen MR) is 83.0 cm³/mol. The zero-order valence-electron chi connectivity index (χ0n) is 11.0. The smallest absolute Gasteiger partial charge is 0.251 e. The van der Waals surface area contributed by atoms with Crippen LogP contribution in [0.1, 0.15) is 24.6 Å². The van der Waals surface area contributed by atoms with Crippen molar-refractivity contribution in [2.45, 2.75) is 36.4 Å². The molecule has 0 saturated carbocycles. The third kappa shape index (κ3) is 3.94. The van der Waals surface area contributed by atoms with E-state index in [0.29, 0.717) is 5.16 Å². The molecule has 0 aliphatic carbocycles. The van der Waals surface area contributed by atoms with E-state index in [9.17, 15) is 9.90 Å². The highest BCUT2D eigenvalue weighted by molar-refractivity contribution is 9.10. The number of aromatic amines is 1. The first-order chi connectivity index (χ1) is 9.62. The molecule has 4 nitrogen and oxygen atoms in total. The van der Waals surface area contributed by atoms with Crippen LogP contribution in [0.25, 0.3) is 0 Å². The highest BCUT2D eigenvalue weighted by atomic mass is 79.9. The Kier molecular flexibility index (Phi) is 5.39. The average Bonchev–Trinajstić information content (AvgIpc) is 2.40. The van der Waals surface area contributed by atoms with E-state index in [1.807, 2.05) is 25.1 Å². The molecule has 1 heterocycles. The Bertz CT molecular complexity index is 658. The van der Waals surface area contributed by atoms with Crippen molar-refractivity contribution in [3.63, 3.8) is 0 Å². The lowest BCUT2D eigenvalue weighted by Crippen LogP contribution is -2.10. The minimum absolute atomic E-state index is 0.0549. The Morgan fingerprint density at radius 2 is 2.20 bits per heavy atom. The molecule has 2 aromatic rings. The van der Waals surface area contributed by atoms with Gasteiger partial charge in [-0.15, -0.1) is 0 Å². The van der Waals surface area contributed by atoms with Crippen LogP contribution in [0.2, 0.25) is 0 Å². The number of halogens is 1. The maximum absolute atomic E-state index is 11.6. The van der Waals surface area contributed by atoms with Gasteiger partial charge < -0.3 is 10.1 Å². The molecule has 0 bridgehead atoms. The first kappa shape index (κ1) is 15.3. The number of hydrogen-bond acceptors (Lipinski definition) is 4. The Morgan fingerprint density at radius 1 is 1.40 bits per heavy atom. The molecule has 0 saturated heterocycles. The second-order valence-electron chi connectivity index (χ2n) is 4.30. The summed E-state index contributed by atoms with van der Waals surface area (Å²) in [6.45, 7) is 1.99. The summed E-state index contributed by atoms with van der Waals surface area (Å²) in [7, 11) is 0. The molecule has 2 N–H and O–H groups in total. The normalized spacial score (nSPS) is 10.8. The van der Waals surface area contributed by atoms with Gasteiger partial charge in [0, 0.05) is 21.1 Å². The van der Waals surface area contributed by atoms with E-state index in [4.69, 9.17) is 0 Å². The van der Waals surface area contributed by atoms with E-state index in [2.05, 4.69) is 25.9 Å². The van der Waals surface area contributed by atoms with Crippen LogP contribution in [0.15, 0.2) is 43.6 Å². The summed E-state index contributed by atoms with van der Waals surface area (Å²) < 4.78 is 0.909. The van der Waals surface area contributed by atoms with Crippen LogP contribution in [-0.4, -0.2) is 15.1 Å². The Labute approximate surface area is 129 Å². The lowest BCUT2D eigenvalue weighted by atomic mass is 10.2. The number of benzene rings is 1. The molecule has 0 amide bonds. The van der Waals surface area contributed by atoms with Crippen LogP contribution in [-0.2, 0) is 13.0 Å². The van der Waals surface area contributed by atoms with Gasteiger partial charge in [-0.25, -0.2) is 4.98 Å². The quantitative estimate of drug-likeness (QED) is 0.809. The number of aromatic nitrogens is 2. The fourth-order valence-electron chi connectivity index (χ4n) is 1.79. The molecule has 0 aliphatic rings. The van der Waals surface area contributed by atoms with Gasteiger partial charge in [0.25, 0.3) is 5.56 Å². The minimum Gasteiger partial charge on any atom is -0.392 e. The summed E-state index contributed by atoms with van der Waals surface area (Å²) in [5.74, 6) is 0. The SMILES string of the molecule is CCCc1cc(=O)[nH]c(Sc2ccc(Br)cc2CO)n1. The van der Waals surface area contributed by atoms with Crippen molar-refractivity contribution in [2.75, 3.05) is 0 Å². The molecule has 1 aromatic heterocycles. The topological polar surface area (TPSA) is 66.0 Å². The van der Waals surface area contributed by atoms with Crippen molar-refractivity contribution >= 4 is 27.7 Å². The molecular weight excluding hydrogens is 340 g/mol. The number of hydrogen-bond donors (Lipinski definition) is 2. The van der Waals surface area contributed by atoms with Crippen molar-refractivity contribution in [3.05, 3.63) is 50.3 Å². The van der Waals surface area contributed by atoms with Crippen LogP contribution in [0.4, 0.5) is 0 Å². The van der Waals surface area contributed by atoms with Crippen LogP contribution >= 0.6 is 27.7 Å². The van der Waals surface area contributed by atoms with Crippen molar-refractivity contribution in [3.8, 4) is 0 Å². The highest BCUT2D eigenvalue weighted by Gasteiger charge is 2.08. The summed E-state index contributed by atoms with van der Waals surface area (Å²) in [4.78, 5) is 19.7. The minimum atomic E-state index is -0.145. The van der Waals surface area contributed by atoms with E-state index < -0.39 is 0 Å².